The minimum absolute atomic E-state index is 0.00602. The molecular weight excluding hydrogens is 250 g/mol. The van der Waals surface area contributed by atoms with Gasteiger partial charge in [-0.2, -0.15) is 5.26 Å². The highest BCUT2D eigenvalue weighted by atomic mass is 16.5. The molecule has 0 heterocycles. The van der Waals surface area contributed by atoms with Crippen LogP contribution in [0.5, 0.6) is 5.75 Å². The second kappa shape index (κ2) is 9.14. The van der Waals surface area contributed by atoms with Crippen LogP contribution < -0.4 is 4.74 Å². The summed E-state index contributed by atoms with van der Waals surface area (Å²) in [6.45, 7) is 2.17. The van der Waals surface area contributed by atoms with Crippen molar-refractivity contribution in [2.75, 3.05) is 7.11 Å². The molecule has 1 atom stereocenters. The van der Waals surface area contributed by atoms with Crippen LogP contribution in [0, 0.1) is 11.3 Å². The fourth-order valence-corrected chi connectivity index (χ4v) is 2.27. The molecule has 0 aliphatic heterocycles. The molecule has 1 aromatic carbocycles. The summed E-state index contributed by atoms with van der Waals surface area (Å²) >= 11 is 0. The van der Waals surface area contributed by atoms with Gasteiger partial charge < -0.3 is 4.74 Å². The molecule has 0 aromatic heterocycles. The summed E-state index contributed by atoms with van der Waals surface area (Å²) < 4.78 is 5.23. The van der Waals surface area contributed by atoms with E-state index in [4.69, 9.17) is 4.74 Å². The highest BCUT2D eigenvalue weighted by Crippen LogP contribution is 2.28. The normalized spacial score (nSPS) is 11.7. The van der Waals surface area contributed by atoms with E-state index in [2.05, 4.69) is 13.0 Å². The van der Waals surface area contributed by atoms with Crippen molar-refractivity contribution in [2.24, 2.45) is 0 Å². The largest absolute Gasteiger partial charge is 0.496 e. The highest BCUT2D eigenvalue weighted by Gasteiger charge is 2.22. The molecule has 3 heteroatoms. The zero-order valence-electron chi connectivity index (χ0n) is 12.4. The first-order valence-electron chi connectivity index (χ1n) is 7.29. The predicted octanol–water partition coefficient (Wildman–Crippen LogP) is 4.23. The van der Waals surface area contributed by atoms with Gasteiger partial charge in [0, 0.05) is 12.0 Å². The van der Waals surface area contributed by atoms with Gasteiger partial charge in [-0.05, 0) is 12.5 Å². The summed E-state index contributed by atoms with van der Waals surface area (Å²) in [6, 6.07) is 9.36. The number of para-hydroxylation sites is 1. The number of ether oxygens (including phenoxy) is 1. The summed E-state index contributed by atoms with van der Waals surface area (Å²) in [7, 11) is 1.56. The number of nitrogens with zero attached hydrogens (tertiary/aromatic N) is 1. The molecule has 0 aliphatic carbocycles. The van der Waals surface area contributed by atoms with Crippen molar-refractivity contribution in [3.05, 3.63) is 29.8 Å². The minimum atomic E-state index is -0.711. The van der Waals surface area contributed by atoms with Crippen LogP contribution in [0.25, 0.3) is 0 Å². The highest BCUT2D eigenvalue weighted by molar-refractivity contribution is 5.89. The van der Waals surface area contributed by atoms with Crippen molar-refractivity contribution in [3.63, 3.8) is 0 Å². The lowest BCUT2D eigenvalue weighted by molar-refractivity contribution is -0.119. The van der Waals surface area contributed by atoms with E-state index in [9.17, 15) is 10.1 Å². The molecule has 0 aliphatic rings. The SMILES string of the molecule is CCCCCCCC(=O)C(C#N)c1ccccc1OC. The number of unbranched alkanes of at least 4 members (excludes halogenated alkanes) is 4. The first kappa shape index (κ1) is 16.2. The van der Waals surface area contributed by atoms with Gasteiger partial charge in [0.15, 0.2) is 5.78 Å². The number of hydrogen-bond acceptors (Lipinski definition) is 3. The van der Waals surface area contributed by atoms with Crippen LogP contribution in [-0.4, -0.2) is 12.9 Å². The number of ketones is 1. The zero-order chi connectivity index (χ0) is 14.8. The number of carbonyl (C=O) groups is 1. The van der Waals surface area contributed by atoms with Gasteiger partial charge >= 0.3 is 0 Å². The smallest absolute Gasteiger partial charge is 0.154 e. The summed E-state index contributed by atoms with van der Waals surface area (Å²) in [6.07, 6.45) is 5.96. The number of rotatable bonds is 9. The molecule has 3 nitrogen and oxygen atoms in total. The van der Waals surface area contributed by atoms with E-state index < -0.39 is 5.92 Å². The lowest BCUT2D eigenvalue weighted by Gasteiger charge is -2.12. The standard InChI is InChI=1S/C17H23NO2/c1-3-4-5-6-7-11-16(19)15(13-18)14-10-8-9-12-17(14)20-2/h8-10,12,15H,3-7,11H2,1-2H3. The lowest BCUT2D eigenvalue weighted by Crippen LogP contribution is -2.11. The fourth-order valence-electron chi connectivity index (χ4n) is 2.27. The third-order valence-electron chi connectivity index (χ3n) is 3.43. The van der Waals surface area contributed by atoms with Gasteiger partial charge in [0.1, 0.15) is 11.7 Å². The van der Waals surface area contributed by atoms with Crippen molar-refractivity contribution in [1.82, 2.24) is 0 Å². The van der Waals surface area contributed by atoms with Gasteiger partial charge in [0.2, 0.25) is 0 Å². The van der Waals surface area contributed by atoms with Crippen molar-refractivity contribution in [1.29, 1.82) is 5.26 Å². The molecule has 20 heavy (non-hydrogen) atoms. The van der Waals surface area contributed by atoms with Crippen molar-refractivity contribution in [2.45, 2.75) is 51.4 Å². The van der Waals surface area contributed by atoms with Gasteiger partial charge in [0.25, 0.3) is 0 Å². The summed E-state index contributed by atoms with van der Waals surface area (Å²) in [5, 5.41) is 9.28. The second-order valence-electron chi connectivity index (χ2n) is 4.93. The molecule has 0 bridgehead atoms. The van der Waals surface area contributed by atoms with Gasteiger partial charge in [-0.15, -0.1) is 0 Å². The Balaban J connectivity index is 2.62. The number of nitriles is 1. The molecule has 0 saturated heterocycles. The van der Waals surface area contributed by atoms with E-state index in [1.165, 1.54) is 12.8 Å². The molecular formula is C17H23NO2. The molecule has 0 saturated carbocycles. The van der Waals surface area contributed by atoms with E-state index in [-0.39, 0.29) is 5.78 Å². The Kier molecular flexibility index (Phi) is 7.42. The maximum Gasteiger partial charge on any atom is 0.154 e. The van der Waals surface area contributed by atoms with Crippen LogP contribution in [0.1, 0.15) is 56.9 Å². The monoisotopic (exact) mass is 273 g/mol. The van der Waals surface area contributed by atoms with E-state index >= 15 is 0 Å². The lowest BCUT2D eigenvalue weighted by atomic mass is 9.92. The third kappa shape index (κ3) is 4.70. The van der Waals surface area contributed by atoms with Crippen molar-refractivity contribution < 1.29 is 9.53 Å². The Labute approximate surface area is 121 Å². The zero-order valence-corrected chi connectivity index (χ0v) is 12.4. The van der Waals surface area contributed by atoms with E-state index in [1.54, 1.807) is 19.2 Å². The predicted molar refractivity (Wildman–Crippen MR) is 79.7 cm³/mol. The van der Waals surface area contributed by atoms with E-state index in [0.29, 0.717) is 17.7 Å². The number of Topliss-reactive ketones (excluding diaryl/α,β-unsaturated/α-hetero) is 1. The maximum atomic E-state index is 12.2. The van der Waals surface area contributed by atoms with E-state index in [1.807, 2.05) is 12.1 Å². The Bertz CT molecular complexity index is 462. The first-order chi connectivity index (χ1) is 9.74. The molecule has 0 spiro atoms. The molecule has 0 N–H and O–H groups in total. The van der Waals surface area contributed by atoms with Crippen LogP contribution >= 0.6 is 0 Å². The summed E-state index contributed by atoms with van der Waals surface area (Å²) in [5.74, 6) is -0.107. The summed E-state index contributed by atoms with van der Waals surface area (Å²) in [5.41, 5.74) is 0.677. The molecule has 1 rings (SSSR count). The van der Waals surface area contributed by atoms with Gasteiger partial charge in [-0.1, -0.05) is 50.8 Å². The molecule has 0 fully saturated rings. The fraction of sp³-hybridized carbons (Fsp3) is 0.529. The Morgan fingerprint density at radius 3 is 2.60 bits per heavy atom. The average Bonchev–Trinajstić information content (AvgIpc) is 2.48. The Hall–Kier alpha value is -1.82. The van der Waals surface area contributed by atoms with Gasteiger partial charge in [0.05, 0.1) is 13.2 Å². The topological polar surface area (TPSA) is 50.1 Å². The number of carbonyl (C=O) groups excluding carboxylic acids is 1. The average molecular weight is 273 g/mol. The van der Waals surface area contributed by atoms with Crippen LogP contribution in [0.4, 0.5) is 0 Å². The van der Waals surface area contributed by atoms with Crippen LogP contribution in [0.2, 0.25) is 0 Å². The Morgan fingerprint density at radius 2 is 1.95 bits per heavy atom. The van der Waals surface area contributed by atoms with Crippen LogP contribution in [0.3, 0.4) is 0 Å². The minimum Gasteiger partial charge on any atom is -0.496 e. The van der Waals surface area contributed by atoms with E-state index in [0.717, 1.165) is 19.3 Å². The third-order valence-corrected chi connectivity index (χ3v) is 3.43. The first-order valence-corrected chi connectivity index (χ1v) is 7.29. The van der Waals surface area contributed by atoms with Gasteiger partial charge in [-0.25, -0.2) is 0 Å². The van der Waals surface area contributed by atoms with Crippen molar-refractivity contribution >= 4 is 5.78 Å². The molecule has 1 unspecified atom stereocenters. The van der Waals surface area contributed by atoms with Crippen LogP contribution in [0.15, 0.2) is 24.3 Å². The number of hydrogen-bond donors (Lipinski definition) is 0. The number of methoxy groups -OCH3 is 1. The quantitative estimate of drug-likeness (QED) is 0.632. The maximum absolute atomic E-state index is 12.2. The van der Waals surface area contributed by atoms with Crippen LogP contribution in [-0.2, 0) is 4.79 Å². The summed E-state index contributed by atoms with van der Waals surface area (Å²) in [4.78, 5) is 12.2. The molecule has 0 radical (unpaired) electrons. The van der Waals surface area contributed by atoms with Gasteiger partial charge in [-0.3, -0.25) is 4.79 Å². The Morgan fingerprint density at radius 1 is 1.25 bits per heavy atom. The number of benzene rings is 1. The molecule has 1 aromatic rings. The second-order valence-corrected chi connectivity index (χ2v) is 4.93. The molecule has 0 amide bonds. The molecule has 108 valence electrons. The van der Waals surface area contributed by atoms with Crippen molar-refractivity contribution in [3.8, 4) is 11.8 Å².